The Labute approximate surface area is 135 Å². The fourth-order valence-corrected chi connectivity index (χ4v) is 3.38. The molecule has 2 aliphatic rings. The number of fused-ring (bicyclic) bond motifs is 2. The van der Waals surface area contributed by atoms with Gasteiger partial charge in [0.25, 0.3) is 0 Å². The van der Waals surface area contributed by atoms with E-state index in [2.05, 4.69) is 42.6 Å². The highest BCUT2D eigenvalue weighted by molar-refractivity contribution is 6.00. The molecular weight excluding hydrogens is 288 g/mol. The van der Waals surface area contributed by atoms with Gasteiger partial charge in [-0.15, -0.1) is 0 Å². The van der Waals surface area contributed by atoms with Crippen molar-refractivity contribution in [1.82, 2.24) is 4.90 Å². The van der Waals surface area contributed by atoms with Gasteiger partial charge < -0.3 is 10.2 Å². The van der Waals surface area contributed by atoms with E-state index < -0.39 is 0 Å². The minimum absolute atomic E-state index is 0.0683. The van der Waals surface area contributed by atoms with Gasteiger partial charge in [-0.25, -0.2) is 0 Å². The number of rotatable bonds is 1. The van der Waals surface area contributed by atoms with Gasteiger partial charge in [-0.05, 0) is 42.2 Å². The average molecular weight is 306 g/mol. The number of aryl methyl sites for hydroxylation is 1. The maximum Gasteiger partial charge on any atom is 0.247 e. The summed E-state index contributed by atoms with van der Waals surface area (Å²) in [6, 6.07) is 14.1. The van der Waals surface area contributed by atoms with Crippen molar-refractivity contribution in [3.63, 3.8) is 0 Å². The summed E-state index contributed by atoms with van der Waals surface area (Å²) in [6.07, 6.45) is 1.08. The molecule has 0 aromatic heterocycles. The van der Waals surface area contributed by atoms with Crippen LogP contribution in [0.5, 0.6) is 0 Å². The van der Waals surface area contributed by atoms with Crippen LogP contribution in [0.15, 0.2) is 42.5 Å². The van der Waals surface area contributed by atoms with E-state index >= 15 is 0 Å². The fourth-order valence-electron chi connectivity index (χ4n) is 3.38. The molecule has 1 fully saturated rings. The third-order valence-corrected chi connectivity index (χ3v) is 4.72. The number of hydrogen-bond acceptors (Lipinski definition) is 2. The van der Waals surface area contributed by atoms with Crippen molar-refractivity contribution < 1.29 is 9.59 Å². The quantitative estimate of drug-likeness (QED) is 0.880. The van der Waals surface area contributed by atoms with Crippen LogP contribution in [0.2, 0.25) is 0 Å². The van der Waals surface area contributed by atoms with Gasteiger partial charge >= 0.3 is 0 Å². The van der Waals surface area contributed by atoms with Crippen molar-refractivity contribution in [3.05, 3.63) is 53.6 Å². The van der Waals surface area contributed by atoms with Crippen LogP contribution in [0, 0.1) is 6.92 Å². The summed E-state index contributed by atoms with van der Waals surface area (Å²) in [5.74, 6) is -0.00331. The van der Waals surface area contributed by atoms with Crippen molar-refractivity contribution in [2.45, 2.75) is 32.4 Å². The monoisotopic (exact) mass is 306 g/mol. The van der Waals surface area contributed by atoms with Crippen molar-refractivity contribution in [3.8, 4) is 11.1 Å². The van der Waals surface area contributed by atoms with E-state index in [0.29, 0.717) is 19.4 Å². The zero-order valence-electron chi connectivity index (χ0n) is 13.0. The average Bonchev–Trinajstić information content (AvgIpc) is 2.83. The number of carbonyl (C=O) groups is 2. The molecule has 4 heteroatoms. The summed E-state index contributed by atoms with van der Waals surface area (Å²) in [4.78, 5) is 26.1. The lowest BCUT2D eigenvalue weighted by Crippen LogP contribution is -2.38. The van der Waals surface area contributed by atoms with E-state index in [-0.39, 0.29) is 17.9 Å². The Morgan fingerprint density at radius 1 is 1.04 bits per heavy atom. The Morgan fingerprint density at radius 3 is 2.57 bits per heavy atom. The number of anilines is 1. The van der Waals surface area contributed by atoms with Gasteiger partial charge in [0.1, 0.15) is 6.04 Å². The second kappa shape index (κ2) is 5.23. The van der Waals surface area contributed by atoms with E-state index in [0.717, 1.165) is 22.4 Å². The predicted octanol–water partition coefficient (Wildman–Crippen LogP) is 3.11. The minimum Gasteiger partial charge on any atom is -0.326 e. The minimum atomic E-state index is -0.322. The molecule has 1 N–H and O–H groups in total. The summed E-state index contributed by atoms with van der Waals surface area (Å²) < 4.78 is 0. The highest BCUT2D eigenvalue weighted by Crippen LogP contribution is 2.32. The first-order chi connectivity index (χ1) is 11.1. The highest BCUT2D eigenvalue weighted by atomic mass is 16.2. The van der Waals surface area contributed by atoms with Crippen LogP contribution >= 0.6 is 0 Å². The lowest BCUT2D eigenvalue weighted by Gasteiger charge is -2.20. The SMILES string of the molecule is Cc1ccc(-c2ccc3c(c2)CN2C(=O)CC[C@H]2C(=O)N3)cc1. The molecule has 0 radical (unpaired) electrons. The van der Waals surface area contributed by atoms with Gasteiger partial charge in [0, 0.05) is 18.7 Å². The van der Waals surface area contributed by atoms with Crippen molar-refractivity contribution in [2.24, 2.45) is 0 Å². The zero-order chi connectivity index (χ0) is 16.0. The Kier molecular flexibility index (Phi) is 3.18. The number of carbonyl (C=O) groups excluding carboxylic acids is 2. The molecule has 1 atom stereocenters. The van der Waals surface area contributed by atoms with Crippen molar-refractivity contribution in [2.75, 3.05) is 5.32 Å². The lowest BCUT2D eigenvalue weighted by atomic mass is 10.0. The summed E-state index contributed by atoms with van der Waals surface area (Å²) in [7, 11) is 0. The lowest BCUT2D eigenvalue weighted by molar-refractivity contribution is -0.133. The van der Waals surface area contributed by atoms with E-state index in [4.69, 9.17) is 0 Å². The van der Waals surface area contributed by atoms with Crippen LogP contribution in [-0.2, 0) is 16.1 Å². The predicted molar refractivity (Wildman–Crippen MR) is 88.8 cm³/mol. The van der Waals surface area contributed by atoms with E-state index in [9.17, 15) is 9.59 Å². The molecule has 0 unspecified atom stereocenters. The molecule has 4 nitrogen and oxygen atoms in total. The number of nitrogens with zero attached hydrogens (tertiary/aromatic N) is 1. The Morgan fingerprint density at radius 2 is 1.78 bits per heavy atom. The first-order valence-electron chi connectivity index (χ1n) is 7.92. The summed E-state index contributed by atoms with van der Waals surface area (Å²) in [6.45, 7) is 2.56. The van der Waals surface area contributed by atoms with E-state index in [1.165, 1.54) is 5.56 Å². The molecule has 1 saturated heterocycles. The first kappa shape index (κ1) is 14.0. The number of nitrogens with one attached hydrogen (secondary N) is 1. The molecule has 2 amide bonds. The fraction of sp³-hybridized carbons (Fsp3) is 0.263. The summed E-state index contributed by atoms with van der Waals surface area (Å²) in [5.41, 5.74) is 5.27. The topological polar surface area (TPSA) is 49.4 Å². The van der Waals surface area contributed by atoms with Gasteiger partial charge in [0.15, 0.2) is 0 Å². The number of hydrogen-bond donors (Lipinski definition) is 1. The second-order valence-electron chi connectivity index (χ2n) is 6.30. The van der Waals surface area contributed by atoms with E-state index in [1.54, 1.807) is 4.90 Å². The first-order valence-corrected chi connectivity index (χ1v) is 7.92. The van der Waals surface area contributed by atoms with Gasteiger partial charge in [-0.2, -0.15) is 0 Å². The zero-order valence-corrected chi connectivity index (χ0v) is 13.0. The Bertz CT molecular complexity index is 796. The normalized spacial score (nSPS) is 19.9. The molecule has 2 aliphatic heterocycles. The second-order valence-corrected chi connectivity index (χ2v) is 6.30. The van der Waals surface area contributed by atoms with Crippen molar-refractivity contribution in [1.29, 1.82) is 0 Å². The van der Waals surface area contributed by atoms with Gasteiger partial charge in [0.05, 0.1) is 0 Å². The number of benzene rings is 2. The molecule has 0 spiro atoms. The van der Waals surface area contributed by atoms with Crippen molar-refractivity contribution >= 4 is 17.5 Å². The highest BCUT2D eigenvalue weighted by Gasteiger charge is 2.38. The van der Waals surface area contributed by atoms with E-state index in [1.807, 2.05) is 12.1 Å². The van der Waals surface area contributed by atoms with Crippen LogP contribution in [0.4, 0.5) is 5.69 Å². The standard InChI is InChI=1S/C19H18N2O2/c1-12-2-4-13(5-3-12)14-6-7-16-15(10-14)11-21-17(19(23)20-16)8-9-18(21)22/h2-7,10,17H,8-9,11H2,1H3,(H,20,23)/t17-/m0/s1. The van der Waals surface area contributed by atoms with Crippen LogP contribution in [0.1, 0.15) is 24.0 Å². The smallest absolute Gasteiger partial charge is 0.247 e. The molecule has 4 rings (SSSR count). The molecule has 23 heavy (non-hydrogen) atoms. The molecule has 2 aromatic carbocycles. The third kappa shape index (κ3) is 2.40. The number of amides is 2. The molecule has 2 aromatic rings. The maximum atomic E-state index is 12.3. The Hall–Kier alpha value is -2.62. The van der Waals surface area contributed by atoms with Crippen LogP contribution < -0.4 is 5.32 Å². The van der Waals surface area contributed by atoms with Gasteiger partial charge in [-0.1, -0.05) is 35.9 Å². The van der Waals surface area contributed by atoms with Gasteiger partial charge in [-0.3, -0.25) is 9.59 Å². The van der Waals surface area contributed by atoms with Crippen LogP contribution in [-0.4, -0.2) is 22.8 Å². The third-order valence-electron chi connectivity index (χ3n) is 4.72. The van der Waals surface area contributed by atoms with Gasteiger partial charge in [0.2, 0.25) is 11.8 Å². The summed E-state index contributed by atoms with van der Waals surface area (Å²) in [5, 5.41) is 2.97. The van der Waals surface area contributed by atoms with Crippen LogP contribution in [0.3, 0.4) is 0 Å². The molecule has 116 valence electrons. The Balaban J connectivity index is 1.74. The molecule has 0 bridgehead atoms. The molecule has 2 heterocycles. The maximum absolute atomic E-state index is 12.3. The summed E-state index contributed by atoms with van der Waals surface area (Å²) >= 11 is 0. The molecule has 0 saturated carbocycles. The molecule has 0 aliphatic carbocycles. The largest absolute Gasteiger partial charge is 0.326 e. The molecular formula is C19H18N2O2. The van der Waals surface area contributed by atoms with Crippen LogP contribution in [0.25, 0.3) is 11.1 Å².